The number of aliphatic hydroxyl groups excluding tert-OH is 2. The van der Waals surface area contributed by atoms with Crippen molar-refractivity contribution in [3.63, 3.8) is 0 Å². The lowest BCUT2D eigenvalue weighted by atomic mass is 9.33. The third-order valence-corrected chi connectivity index (χ3v) is 13.4. The molecule has 34 heavy (non-hydrogen) atoms. The molecule has 3 N–H and O–H groups in total. The Labute approximate surface area is 206 Å². The minimum Gasteiger partial charge on any atom is -0.481 e. The van der Waals surface area contributed by atoms with Gasteiger partial charge in [0.15, 0.2) is 0 Å². The maximum atomic E-state index is 12.3. The molecule has 5 aliphatic carbocycles. The van der Waals surface area contributed by atoms with Gasteiger partial charge in [-0.1, -0.05) is 53.2 Å². The van der Waals surface area contributed by atoms with Gasteiger partial charge in [-0.15, -0.1) is 0 Å². The number of aliphatic carboxylic acids is 1. The van der Waals surface area contributed by atoms with Gasteiger partial charge in [-0.2, -0.15) is 0 Å². The number of hydrogen-bond acceptors (Lipinski definition) is 3. The van der Waals surface area contributed by atoms with Crippen molar-refractivity contribution >= 4 is 5.97 Å². The Bertz CT molecular complexity index is 923. The normalized spacial score (nSPS) is 56.3. The molecule has 4 saturated carbocycles. The molecule has 0 heterocycles. The second-order valence-electron chi connectivity index (χ2n) is 15.0. The van der Waals surface area contributed by atoms with Crippen molar-refractivity contribution in [2.45, 2.75) is 118 Å². The molecule has 5 aliphatic rings. The van der Waals surface area contributed by atoms with Crippen LogP contribution in [0.5, 0.6) is 0 Å². The van der Waals surface area contributed by atoms with Crippen LogP contribution in [0.3, 0.4) is 0 Å². The molecule has 0 aromatic rings. The minimum absolute atomic E-state index is 0.0325. The standard InChI is InChI=1S/C30H48O4/c1-25(2)20-10-13-30(7)21(28(20,5)12-11-22(25)31)9-8-18-19-16-26(3,24(33)34)17-23(32)27(19,4)14-15-29(18,30)6/h8,19-23,31-32H,9-17H2,1-7H3,(H,33,34)/t19-,20-,21+,22+,23-,26+,27+,28-,29+,30+/m0/s1. The molecule has 0 amide bonds. The van der Waals surface area contributed by atoms with Gasteiger partial charge in [0.2, 0.25) is 0 Å². The van der Waals surface area contributed by atoms with Crippen molar-refractivity contribution in [1.29, 1.82) is 0 Å². The van der Waals surface area contributed by atoms with Crippen LogP contribution >= 0.6 is 0 Å². The van der Waals surface area contributed by atoms with E-state index in [0.717, 1.165) is 38.5 Å². The van der Waals surface area contributed by atoms with Crippen LogP contribution in [0, 0.1) is 50.2 Å². The molecule has 0 bridgehead atoms. The highest BCUT2D eigenvalue weighted by molar-refractivity contribution is 5.74. The molecule has 0 aromatic heterocycles. The molecule has 0 radical (unpaired) electrons. The highest BCUT2D eigenvalue weighted by atomic mass is 16.4. The van der Waals surface area contributed by atoms with Gasteiger partial charge in [-0.05, 0) is 104 Å². The molecule has 4 heteroatoms. The van der Waals surface area contributed by atoms with E-state index in [2.05, 4.69) is 47.6 Å². The lowest BCUT2D eigenvalue weighted by molar-refractivity contribution is -0.208. The molecule has 5 rings (SSSR count). The van der Waals surface area contributed by atoms with Gasteiger partial charge in [0, 0.05) is 5.41 Å². The summed E-state index contributed by atoms with van der Waals surface area (Å²) in [6, 6.07) is 0. The van der Waals surface area contributed by atoms with E-state index in [4.69, 9.17) is 0 Å². The molecule has 4 fully saturated rings. The average Bonchev–Trinajstić information content (AvgIpc) is 2.73. The van der Waals surface area contributed by atoms with Crippen LogP contribution in [-0.4, -0.2) is 33.5 Å². The predicted octanol–water partition coefficient (Wildman–Crippen LogP) is 6.20. The summed E-state index contributed by atoms with van der Waals surface area (Å²) in [6.45, 7) is 16.2. The lowest BCUT2D eigenvalue weighted by Crippen LogP contribution is -2.65. The summed E-state index contributed by atoms with van der Waals surface area (Å²) in [6.07, 6.45) is 10.1. The summed E-state index contributed by atoms with van der Waals surface area (Å²) >= 11 is 0. The van der Waals surface area contributed by atoms with E-state index in [9.17, 15) is 20.1 Å². The SMILES string of the molecule is CC1(C)[C@H](O)CC[C@]2(C)[C@H]3CC=C4[C@@H]5C[C@@](C)(C(=O)O)C[C@H](O)[C@]5(C)CC[C@@]4(C)[C@]3(C)CC[C@@H]12. The van der Waals surface area contributed by atoms with Crippen LogP contribution in [0.15, 0.2) is 11.6 Å². The molecule has 0 aromatic carbocycles. The van der Waals surface area contributed by atoms with Gasteiger partial charge in [-0.25, -0.2) is 0 Å². The molecule has 4 nitrogen and oxygen atoms in total. The first-order valence-electron chi connectivity index (χ1n) is 13.9. The first kappa shape index (κ1) is 24.8. The Hall–Kier alpha value is -0.870. The van der Waals surface area contributed by atoms with E-state index < -0.39 is 17.5 Å². The van der Waals surface area contributed by atoms with Crippen LogP contribution in [0.25, 0.3) is 0 Å². The van der Waals surface area contributed by atoms with Crippen LogP contribution in [0.1, 0.15) is 106 Å². The molecule has 10 atom stereocenters. The average molecular weight is 473 g/mol. The van der Waals surface area contributed by atoms with Crippen LogP contribution in [-0.2, 0) is 4.79 Å². The maximum absolute atomic E-state index is 12.3. The first-order valence-corrected chi connectivity index (χ1v) is 13.9. The van der Waals surface area contributed by atoms with Gasteiger partial charge >= 0.3 is 5.97 Å². The number of hydrogen-bond donors (Lipinski definition) is 3. The fourth-order valence-corrected chi connectivity index (χ4v) is 10.6. The topological polar surface area (TPSA) is 77.8 Å². The number of allylic oxidation sites excluding steroid dienone is 2. The fourth-order valence-electron chi connectivity index (χ4n) is 10.6. The van der Waals surface area contributed by atoms with Gasteiger partial charge in [0.05, 0.1) is 17.6 Å². The van der Waals surface area contributed by atoms with Crippen molar-refractivity contribution in [2.75, 3.05) is 0 Å². The van der Waals surface area contributed by atoms with Crippen LogP contribution in [0.4, 0.5) is 0 Å². The second-order valence-corrected chi connectivity index (χ2v) is 15.0. The van der Waals surface area contributed by atoms with Crippen LogP contribution < -0.4 is 0 Å². The zero-order valence-electron chi connectivity index (χ0n) is 22.6. The largest absolute Gasteiger partial charge is 0.481 e. The zero-order chi connectivity index (χ0) is 25.1. The van der Waals surface area contributed by atoms with Crippen molar-refractivity contribution in [3.05, 3.63) is 11.6 Å². The predicted molar refractivity (Wildman–Crippen MR) is 134 cm³/mol. The summed E-state index contributed by atoms with van der Waals surface area (Å²) in [4.78, 5) is 12.3. The number of aliphatic hydroxyl groups is 2. The third-order valence-electron chi connectivity index (χ3n) is 13.4. The Kier molecular flexibility index (Phi) is 5.20. The molecule has 0 unspecified atom stereocenters. The smallest absolute Gasteiger partial charge is 0.309 e. The summed E-state index contributed by atoms with van der Waals surface area (Å²) in [5.74, 6) is 0.463. The molecule has 0 aliphatic heterocycles. The van der Waals surface area contributed by atoms with E-state index in [0.29, 0.717) is 24.7 Å². The van der Waals surface area contributed by atoms with Gasteiger partial charge in [-0.3, -0.25) is 4.79 Å². The van der Waals surface area contributed by atoms with Gasteiger partial charge < -0.3 is 15.3 Å². The summed E-state index contributed by atoms with van der Waals surface area (Å²) in [5, 5.41) is 32.2. The van der Waals surface area contributed by atoms with E-state index >= 15 is 0 Å². The number of carbonyl (C=O) groups is 1. The summed E-state index contributed by atoms with van der Waals surface area (Å²) in [7, 11) is 0. The van der Waals surface area contributed by atoms with Gasteiger partial charge in [0.1, 0.15) is 0 Å². The number of carboxylic acid groups (broad SMARTS) is 1. The van der Waals surface area contributed by atoms with Crippen molar-refractivity contribution < 1.29 is 20.1 Å². The molecular weight excluding hydrogens is 424 g/mol. The van der Waals surface area contributed by atoms with Crippen molar-refractivity contribution in [2.24, 2.45) is 50.2 Å². The van der Waals surface area contributed by atoms with Crippen molar-refractivity contribution in [3.8, 4) is 0 Å². The fraction of sp³-hybridized carbons (Fsp3) is 0.900. The summed E-state index contributed by atoms with van der Waals surface area (Å²) in [5.41, 5.74) is 0.706. The number of fused-ring (bicyclic) bond motifs is 7. The van der Waals surface area contributed by atoms with Crippen molar-refractivity contribution in [1.82, 2.24) is 0 Å². The minimum atomic E-state index is -0.867. The van der Waals surface area contributed by atoms with Crippen LogP contribution in [0.2, 0.25) is 0 Å². The zero-order valence-corrected chi connectivity index (χ0v) is 22.6. The molecule has 0 spiro atoms. The Balaban J connectivity index is 1.59. The quantitative estimate of drug-likeness (QED) is 0.397. The molecule has 192 valence electrons. The number of rotatable bonds is 1. The van der Waals surface area contributed by atoms with E-state index in [-0.39, 0.29) is 39.1 Å². The number of carboxylic acids is 1. The Morgan fingerprint density at radius 3 is 2.15 bits per heavy atom. The highest BCUT2D eigenvalue weighted by Crippen LogP contribution is 2.75. The van der Waals surface area contributed by atoms with E-state index in [1.807, 2.05) is 6.92 Å². The Morgan fingerprint density at radius 2 is 1.50 bits per heavy atom. The van der Waals surface area contributed by atoms with E-state index in [1.54, 1.807) is 0 Å². The highest BCUT2D eigenvalue weighted by Gasteiger charge is 2.69. The lowest BCUT2D eigenvalue weighted by Gasteiger charge is -2.71. The van der Waals surface area contributed by atoms with Gasteiger partial charge in [0.25, 0.3) is 0 Å². The monoisotopic (exact) mass is 472 g/mol. The maximum Gasteiger partial charge on any atom is 0.309 e. The molecular formula is C30H48O4. The molecule has 0 saturated heterocycles. The first-order chi connectivity index (χ1) is 15.6. The third kappa shape index (κ3) is 2.82. The summed E-state index contributed by atoms with van der Waals surface area (Å²) < 4.78 is 0. The van der Waals surface area contributed by atoms with E-state index in [1.165, 1.54) is 12.0 Å². The Morgan fingerprint density at radius 1 is 0.824 bits per heavy atom. The second kappa shape index (κ2) is 7.12.